The first-order chi connectivity index (χ1) is 10.7. The van der Waals surface area contributed by atoms with Crippen LogP contribution in [-0.4, -0.2) is 26.5 Å². The molecule has 1 aromatic carbocycles. The van der Waals surface area contributed by atoms with Crippen molar-refractivity contribution in [1.82, 2.24) is 4.98 Å². The molecule has 0 spiro atoms. The van der Waals surface area contributed by atoms with Crippen molar-refractivity contribution in [1.29, 1.82) is 0 Å². The molecule has 0 aliphatic carbocycles. The third-order valence-electron chi connectivity index (χ3n) is 2.72. The Morgan fingerprint density at radius 1 is 1.26 bits per heavy atom. The molecule has 0 aliphatic heterocycles. The average Bonchev–Trinajstić information content (AvgIpc) is 2.45. The molecular weight excluding hydrogens is 367 g/mol. The maximum Gasteiger partial charge on any atom is 0.143 e. The number of phenols is 1. The van der Waals surface area contributed by atoms with Crippen LogP contribution in [0.5, 0.6) is 11.5 Å². The van der Waals surface area contributed by atoms with Gasteiger partial charge < -0.3 is 15.1 Å². The van der Waals surface area contributed by atoms with E-state index in [4.69, 9.17) is 4.84 Å². The lowest BCUT2D eigenvalue weighted by Crippen LogP contribution is -2.18. The van der Waals surface area contributed by atoms with Crippen molar-refractivity contribution in [2.75, 3.05) is 0 Å². The highest BCUT2D eigenvalue weighted by atomic mass is 79.9. The van der Waals surface area contributed by atoms with Gasteiger partial charge in [0.2, 0.25) is 0 Å². The summed E-state index contributed by atoms with van der Waals surface area (Å²) in [5, 5.41) is 24.1. The number of rotatable bonds is 3. The molecule has 7 heteroatoms. The SMILES string of the molecule is CC(C)(C)O/N=C(\c1cc(Br)c(F)cc1O)c1ncccc1O. The Hall–Kier alpha value is -2.15. The lowest BCUT2D eigenvalue weighted by Gasteiger charge is -2.17. The topological polar surface area (TPSA) is 74.9 Å². The normalized spacial score (nSPS) is 12.3. The zero-order valence-electron chi connectivity index (χ0n) is 12.8. The fourth-order valence-corrected chi connectivity index (χ4v) is 2.05. The van der Waals surface area contributed by atoms with Crippen LogP contribution in [0.2, 0.25) is 0 Å². The van der Waals surface area contributed by atoms with E-state index in [-0.39, 0.29) is 32.9 Å². The Kier molecular flexibility index (Phi) is 4.89. The Morgan fingerprint density at radius 3 is 2.57 bits per heavy atom. The zero-order chi connectivity index (χ0) is 17.2. The summed E-state index contributed by atoms with van der Waals surface area (Å²) in [4.78, 5) is 9.47. The number of nitrogens with zero attached hydrogens (tertiary/aromatic N) is 2. The molecule has 1 aromatic heterocycles. The van der Waals surface area contributed by atoms with E-state index >= 15 is 0 Å². The minimum absolute atomic E-state index is 0.0937. The molecule has 122 valence electrons. The summed E-state index contributed by atoms with van der Waals surface area (Å²) in [6.45, 7) is 5.40. The Labute approximate surface area is 141 Å². The van der Waals surface area contributed by atoms with Gasteiger partial charge in [-0.2, -0.15) is 0 Å². The number of oxime groups is 1. The van der Waals surface area contributed by atoms with Crippen LogP contribution in [0.25, 0.3) is 0 Å². The average molecular weight is 383 g/mol. The molecule has 2 aromatic rings. The van der Waals surface area contributed by atoms with Gasteiger partial charge in [0.1, 0.15) is 34.3 Å². The van der Waals surface area contributed by atoms with Gasteiger partial charge in [0.25, 0.3) is 0 Å². The van der Waals surface area contributed by atoms with Gasteiger partial charge in [0.05, 0.1) is 4.47 Å². The van der Waals surface area contributed by atoms with E-state index in [2.05, 4.69) is 26.1 Å². The number of halogens is 2. The summed E-state index contributed by atoms with van der Waals surface area (Å²) in [6.07, 6.45) is 1.47. The summed E-state index contributed by atoms with van der Waals surface area (Å²) in [6, 6.07) is 5.29. The van der Waals surface area contributed by atoms with Crippen LogP contribution in [0.4, 0.5) is 4.39 Å². The second-order valence-electron chi connectivity index (χ2n) is 5.80. The highest BCUT2D eigenvalue weighted by molar-refractivity contribution is 9.10. The van der Waals surface area contributed by atoms with E-state index in [9.17, 15) is 14.6 Å². The minimum Gasteiger partial charge on any atom is -0.507 e. The van der Waals surface area contributed by atoms with Crippen LogP contribution in [0.3, 0.4) is 0 Å². The lowest BCUT2D eigenvalue weighted by molar-refractivity contribution is 0.00108. The summed E-state index contributed by atoms with van der Waals surface area (Å²) in [7, 11) is 0. The van der Waals surface area contributed by atoms with E-state index in [1.165, 1.54) is 18.3 Å². The van der Waals surface area contributed by atoms with Crippen molar-refractivity contribution < 1.29 is 19.4 Å². The van der Waals surface area contributed by atoms with Crippen molar-refractivity contribution in [2.24, 2.45) is 5.16 Å². The molecule has 2 N–H and O–H groups in total. The quantitative estimate of drug-likeness (QED) is 0.622. The Bertz CT molecular complexity index is 757. The van der Waals surface area contributed by atoms with Crippen LogP contribution >= 0.6 is 15.9 Å². The molecule has 0 unspecified atom stereocenters. The molecule has 1 heterocycles. The Balaban J connectivity index is 2.64. The highest BCUT2D eigenvalue weighted by Crippen LogP contribution is 2.30. The fraction of sp³-hybridized carbons (Fsp3) is 0.250. The van der Waals surface area contributed by atoms with E-state index in [0.717, 1.165) is 6.07 Å². The first-order valence-electron chi connectivity index (χ1n) is 6.78. The summed E-state index contributed by atoms with van der Waals surface area (Å²) < 4.78 is 13.7. The van der Waals surface area contributed by atoms with Gasteiger partial charge in [0.15, 0.2) is 0 Å². The van der Waals surface area contributed by atoms with Gasteiger partial charge >= 0.3 is 0 Å². The molecule has 0 aliphatic rings. The number of pyridine rings is 1. The number of benzene rings is 1. The zero-order valence-corrected chi connectivity index (χ0v) is 14.4. The molecule has 2 rings (SSSR count). The summed E-state index contributed by atoms with van der Waals surface area (Å²) in [5.41, 5.74) is -0.207. The number of phenolic OH excluding ortho intramolecular Hbond substituents is 1. The predicted molar refractivity (Wildman–Crippen MR) is 88.1 cm³/mol. The van der Waals surface area contributed by atoms with Crippen LogP contribution in [0.15, 0.2) is 40.1 Å². The van der Waals surface area contributed by atoms with Crippen LogP contribution < -0.4 is 0 Å². The lowest BCUT2D eigenvalue weighted by atomic mass is 10.0. The maximum atomic E-state index is 13.5. The molecular formula is C16H16BrFN2O3. The van der Waals surface area contributed by atoms with Crippen LogP contribution in [0, 0.1) is 5.82 Å². The first-order valence-corrected chi connectivity index (χ1v) is 7.57. The first kappa shape index (κ1) is 17.2. The predicted octanol–water partition coefficient (Wildman–Crippen LogP) is 3.96. The third kappa shape index (κ3) is 4.19. The molecule has 0 fully saturated rings. The number of hydrogen-bond donors (Lipinski definition) is 2. The second-order valence-corrected chi connectivity index (χ2v) is 6.65. The van der Waals surface area contributed by atoms with Crippen LogP contribution in [0.1, 0.15) is 32.0 Å². The monoisotopic (exact) mass is 382 g/mol. The van der Waals surface area contributed by atoms with Crippen molar-refractivity contribution >= 4 is 21.6 Å². The number of aromatic hydroxyl groups is 2. The van der Waals surface area contributed by atoms with E-state index < -0.39 is 11.4 Å². The van der Waals surface area contributed by atoms with Gasteiger partial charge in [-0.15, -0.1) is 0 Å². The van der Waals surface area contributed by atoms with Crippen molar-refractivity contribution in [3.8, 4) is 11.5 Å². The van der Waals surface area contributed by atoms with Crippen LogP contribution in [-0.2, 0) is 4.84 Å². The largest absolute Gasteiger partial charge is 0.507 e. The van der Waals surface area contributed by atoms with Crippen molar-refractivity contribution in [3.63, 3.8) is 0 Å². The minimum atomic E-state index is -0.618. The molecule has 0 radical (unpaired) electrons. The number of hydrogen-bond acceptors (Lipinski definition) is 5. The molecule has 0 amide bonds. The van der Waals surface area contributed by atoms with Crippen molar-refractivity contribution in [2.45, 2.75) is 26.4 Å². The molecule has 0 bridgehead atoms. The van der Waals surface area contributed by atoms with Gasteiger partial charge in [-0.05, 0) is 54.9 Å². The standard InChI is InChI=1S/C16H16BrFN2O3/c1-16(2,3)23-20-14(15-12(21)5-4-6-19-15)9-7-10(17)11(18)8-13(9)22/h4-8,21-22H,1-3H3/b20-14+. The van der Waals surface area contributed by atoms with Gasteiger partial charge in [-0.25, -0.2) is 4.39 Å². The molecule has 5 nitrogen and oxygen atoms in total. The Morgan fingerprint density at radius 2 is 1.96 bits per heavy atom. The molecule has 0 saturated heterocycles. The maximum absolute atomic E-state index is 13.5. The molecule has 23 heavy (non-hydrogen) atoms. The fourth-order valence-electron chi connectivity index (χ4n) is 1.71. The van der Waals surface area contributed by atoms with Gasteiger partial charge in [-0.1, -0.05) is 5.16 Å². The summed E-state index contributed by atoms with van der Waals surface area (Å²) >= 11 is 3.07. The third-order valence-corrected chi connectivity index (χ3v) is 3.32. The number of aromatic nitrogens is 1. The summed E-state index contributed by atoms with van der Waals surface area (Å²) in [5.74, 6) is -1.09. The molecule has 0 saturated carbocycles. The van der Waals surface area contributed by atoms with Gasteiger partial charge in [0, 0.05) is 17.8 Å². The van der Waals surface area contributed by atoms with E-state index in [1.54, 1.807) is 26.8 Å². The van der Waals surface area contributed by atoms with Gasteiger partial charge in [-0.3, -0.25) is 4.98 Å². The second kappa shape index (κ2) is 6.54. The highest BCUT2D eigenvalue weighted by Gasteiger charge is 2.21. The van der Waals surface area contributed by atoms with E-state index in [1.807, 2.05) is 0 Å². The molecule has 0 atom stereocenters. The van der Waals surface area contributed by atoms with E-state index in [0.29, 0.717) is 0 Å². The van der Waals surface area contributed by atoms with Crippen molar-refractivity contribution in [3.05, 3.63) is 52.0 Å². The smallest absolute Gasteiger partial charge is 0.143 e.